The van der Waals surface area contributed by atoms with Gasteiger partial charge in [0.05, 0.1) is 29.6 Å². The van der Waals surface area contributed by atoms with Crippen LogP contribution in [-0.2, 0) is 29.3 Å². The molecule has 0 bridgehead atoms. The molecule has 0 aliphatic rings. The quantitative estimate of drug-likeness (QED) is 0.773. The van der Waals surface area contributed by atoms with Crippen LogP contribution in [0.5, 0.6) is 0 Å². The van der Waals surface area contributed by atoms with Gasteiger partial charge in [-0.2, -0.15) is 13.2 Å². The number of rotatable bonds is 6. The molecule has 0 saturated heterocycles. The Bertz CT molecular complexity index is 867. The minimum atomic E-state index is -4.73. The molecule has 0 amide bonds. The summed E-state index contributed by atoms with van der Waals surface area (Å²) < 4.78 is 65.6. The molecule has 0 unspecified atom stereocenters. The van der Waals surface area contributed by atoms with E-state index in [2.05, 4.69) is 4.72 Å². The van der Waals surface area contributed by atoms with Crippen molar-refractivity contribution in [3.8, 4) is 0 Å². The van der Waals surface area contributed by atoms with Crippen LogP contribution in [-0.4, -0.2) is 22.5 Å². The minimum absolute atomic E-state index is 0.0264. The van der Waals surface area contributed by atoms with Crippen molar-refractivity contribution in [3.63, 3.8) is 0 Å². The Balaban J connectivity index is 2.14. The zero-order chi connectivity index (χ0) is 19.5. The monoisotopic (exact) mass is 407 g/mol. The number of benzene rings is 2. The average Bonchev–Trinajstić information content (AvgIpc) is 2.53. The number of nitrogens with one attached hydrogen (secondary N) is 2. The van der Waals surface area contributed by atoms with Crippen molar-refractivity contribution in [1.29, 1.82) is 0 Å². The van der Waals surface area contributed by atoms with Gasteiger partial charge in [0.25, 0.3) is 0 Å². The summed E-state index contributed by atoms with van der Waals surface area (Å²) in [6, 6.07) is 9.85. The zero-order valence-corrected chi connectivity index (χ0v) is 15.8. The summed E-state index contributed by atoms with van der Waals surface area (Å²) in [5.74, 6) is 0. The van der Waals surface area contributed by atoms with Crippen molar-refractivity contribution in [3.05, 3.63) is 64.2 Å². The van der Waals surface area contributed by atoms with Crippen molar-refractivity contribution in [2.45, 2.75) is 24.2 Å². The molecule has 2 aromatic carbocycles. The van der Waals surface area contributed by atoms with Gasteiger partial charge in [0, 0.05) is 12.1 Å². The normalized spacial score (nSPS) is 12.6. The average molecular weight is 408 g/mol. The summed E-state index contributed by atoms with van der Waals surface area (Å²) in [6.45, 7) is 0.804. The number of hydrogen-bond donors (Lipinski definition) is 2. The van der Waals surface area contributed by atoms with E-state index in [1.165, 1.54) is 4.90 Å². The lowest BCUT2D eigenvalue weighted by Gasteiger charge is -2.12. The van der Waals surface area contributed by atoms with Gasteiger partial charge >= 0.3 is 6.18 Å². The summed E-state index contributed by atoms with van der Waals surface area (Å²) in [6.07, 6.45) is -4.73. The molecule has 0 saturated carbocycles. The Hall–Kier alpha value is -1.61. The van der Waals surface area contributed by atoms with Crippen LogP contribution < -0.4 is 9.62 Å². The van der Waals surface area contributed by atoms with Crippen LogP contribution in [0.4, 0.5) is 13.2 Å². The number of quaternary nitrogens is 1. The van der Waals surface area contributed by atoms with Gasteiger partial charge in [-0.1, -0.05) is 35.9 Å². The van der Waals surface area contributed by atoms with Gasteiger partial charge in [-0.3, -0.25) is 0 Å². The number of hydrogen-bond acceptors (Lipinski definition) is 2. The van der Waals surface area contributed by atoms with E-state index < -0.39 is 31.7 Å². The summed E-state index contributed by atoms with van der Waals surface area (Å²) >= 11 is 5.52. The van der Waals surface area contributed by atoms with Crippen LogP contribution in [0.1, 0.15) is 16.7 Å². The molecular formula is C17H19ClF3N2O2S+. The highest BCUT2D eigenvalue weighted by Gasteiger charge is 2.34. The molecule has 4 nitrogen and oxygen atoms in total. The molecule has 0 atom stereocenters. The van der Waals surface area contributed by atoms with Crippen molar-refractivity contribution < 1.29 is 26.5 Å². The molecule has 0 aliphatic carbocycles. The standard InChI is InChI=1S/C17H18ClF3N2O2S/c1-23(2)11-13-5-3-12(4-6-13)10-22-26(24,25)14-7-8-16(18)15(9-14)17(19,20)21/h3-9,22H,10-11H2,1-2H3/p+1. The van der Waals surface area contributed by atoms with E-state index in [0.29, 0.717) is 11.6 Å². The Morgan fingerprint density at radius 1 is 1.04 bits per heavy atom. The first kappa shape index (κ1) is 20.7. The highest BCUT2D eigenvalue weighted by atomic mass is 35.5. The van der Waals surface area contributed by atoms with Crippen LogP contribution >= 0.6 is 11.6 Å². The molecule has 142 valence electrons. The Morgan fingerprint density at radius 2 is 1.62 bits per heavy atom. The van der Waals surface area contributed by atoms with Crippen molar-refractivity contribution in [2.24, 2.45) is 0 Å². The van der Waals surface area contributed by atoms with Gasteiger partial charge in [0.15, 0.2) is 0 Å². The zero-order valence-electron chi connectivity index (χ0n) is 14.2. The van der Waals surface area contributed by atoms with E-state index in [4.69, 9.17) is 11.6 Å². The minimum Gasteiger partial charge on any atom is -0.336 e. The fourth-order valence-electron chi connectivity index (χ4n) is 2.33. The van der Waals surface area contributed by atoms with E-state index in [1.807, 2.05) is 26.2 Å². The van der Waals surface area contributed by atoms with Gasteiger partial charge in [-0.15, -0.1) is 0 Å². The first-order valence-corrected chi connectivity index (χ1v) is 9.58. The van der Waals surface area contributed by atoms with Crippen molar-refractivity contribution in [2.75, 3.05) is 14.1 Å². The van der Waals surface area contributed by atoms with Gasteiger partial charge in [0.2, 0.25) is 10.0 Å². The van der Waals surface area contributed by atoms with E-state index in [-0.39, 0.29) is 6.54 Å². The van der Waals surface area contributed by atoms with Crippen LogP contribution in [0.25, 0.3) is 0 Å². The summed E-state index contributed by atoms with van der Waals surface area (Å²) in [5, 5.41) is -0.546. The number of sulfonamides is 1. The SMILES string of the molecule is C[NH+](C)Cc1ccc(CNS(=O)(=O)c2ccc(Cl)c(C(F)(F)F)c2)cc1. The summed E-state index contributed by atoms with van der Waals surface area (Å²) in [5.41, 5.74) is 0.623. The molecule has 0 spiro atoms. The van der Waals surface area contributed by atoms with E-state index in [1.54, 1.807) is 12.1 Å². The maximum atomic E-state index is 12.9. The molecule has 9 heteroatoms. The van der Waals surface area contributed by atoms with Gasteiger partial charge < -0.3 is 4.90 Å². The molecule has 0 aromatic heterocycles. The van der Waals surface area contributed by atoms with E-state index in [9.17, 15) is 21.6 Å². The number of halogens is 4. The van der Waals surface area contributed by atoms with E-state index >= 15 is 0 Å². The Morgan fingerprint density at radius 3 is 2.15 bits per heavy atom. The number of alkyl halides is 3. The maximum Gasteiger partial charge on any atom is 0.417 e. The smallest absolute Gasteiger partial charge is 0.336 e. The molecule has 0 radical (unpaired) electrons. The highest BCUT2D eigenvalue weighted by molar-refractivity contribution is 7.89. The molecular weight excluding hydrogens is 389 g/mol. The third-order valence-corrected chi connectivity index (χ3v) is 5.33. The highest BCUT2D eigenvalue weighted by Crippen LogP contribution is 2.35. The molecule has 26 heavy (non-hydrogen) atoms. The molecule has 2 N–H and O–H groups in total. The van der Waals surface area contributed by atoms with Crippen molar-refractivity contribution in [1.82, 2.24) is 4.72 Å². The van der Waals surface area contributed by atoms with Gasteiger partial charge in [-0.25, -0.2) is 13.1 Å². The topological polar surface area (TPSA) is 50.6 Å². The van der Waals surface area contributed by atoms with Gasteiger partial charge in [-0.05, 0) is 23.8 Å². The van der Waals surface area contributed by atoms with Gasteiger partial charge in [0.1, 0.15) is 6.54 Å². The second-order valence-electron chi connectivity index (χ2n) is 6.16. The lowest BCUT2D eigenvalue weighted by atomic mass is 10.1. The summed E-state index contributed by atoms with van der Waals surface area (Å²) in [4.78, 5) is 0.767. The predicted molar refractivity (Wildman–Crippen MR) is 93.4 cm³/mol. The predicted octanol–water partition coefficient (Wildman–Crippen LogP) is 2.48. The first-order valence-electron chi connectivity index (χ1n) is 7.72. The van der Waals surface area contributed by atoms with E-state index in [0.717, 1.165) is 24.2 Å². The van der Waals surface area contributed by atoms with Crippen LogP contribution in [0.2, 0.25) is 5.02 Å². The van der Waals surface area contributed by atoms with Crippen molar-refractivity contribution >= 4 is 21.6 Å². The largest absolute Gasteiger partial charge is 0.417 e. The van der Waals surface area contributed by atoms with Crippen LogP contribution in [0.15, 0.2) is 47.4 Å². The Labute approximate surface area is 155 Å². The maximum absolute atomic E-state index is 12.9. The Kier molecular flexibility index (Phi) is 6.33. The molecule has 0 heterocycles. The second-order valence-corrected chi connectivity index (χ2v) is 8.34. The fourth-order valence-corrected chi connectivity index (χ4v) is 3.60. The second kappa shape index (κ2) is 7.96. The third kappa shape index (κ3) is 5.44. The lowest BCUT2D eigenvalue weighted by Crippen LogP contribution is -3.04. The molecule has 0 fully saturated rings. The van der Waals surface area contributed by atoms with Crippen LogP contribution in [0, 0.1) is 0 Å². The molecule has 0 aliphatic heterocycles. The first-order chi connectivity index (χ1) is 12.0. The molecule has 2 aromatic rings. The fraction of sp³-hybridized carbons (Fsp3) is 0.294. The third-order valence-electron chi connectivity index (χ3n) is 3.60. The lowest BCUT2D eigenvalue weighted by molar-refractivity contribution is -0.872. The summed E-state index contributed by atoms with van der Waals surface area (Å²) in [7, 11) is -0.0654. The van der Waals surface area contributed by atoms with Crippen LogP contribution in [0.3, 0.4) is 0 Å². The molecule has 2 rings (SSSR count).